The summed E-state index contributed by atoms with van der Waals surface area (Å²) in [6.07, 6.45) is 5.08. The normalized spacial score (nSPS) is 10.8. The molecule has 116 valence electrons. The zero-order chi connectivity index (χ0) is 15.3. The van der Waals surface area contributed by atoms with Crippen LogP contribution in [0.3, 0.4) is 0 Å². The minimum absolute atomic E-state index is 0. The Morgan fingerprint density at radius 1 is 1.22 bits per heavy atom. The molecule has 7 nitrogen and oxygen atoms in total. The SMILES string of the molecule is Cl.Nc1cc2c(-c3cc(C(=O)O)c4[nH]ncc4c3)c[nH]c2cn1. The van der Waals surface area contributed by atoms with Crippen molar-refractivity contribution in [1.82, 2.24) is 20.2 Å². The van der Waals surface area contributed by atoms with Crippen LogP contribution in [-0.4, -0.2) is 31.2 Å². The summed E-state index contributed by atoms with van der Waals surface area (Å²) in [6.45, 7) is 0. The Balaban J connectivity index is 0.00000156. The van der Waals surface area contributed by atoms with Crippen molar-refractivity contribution in [3.8, 4) is 11.1 Å². The molecular formula is C15H12ClN5O2. The van der Waals surface area contributed by atoms with Crippen LogP contribution in [0, 0.1) is 0 Å². The number of rotatable bonds is 2. The molecule has 0 aliphatic carbocycles. The average Bonchev–Trinajstić information content (AvgIpc) is 3.11. The van der Waals surface area contributed by atoms with Gasteiger partial charge in [-0.05, 0) is 23.8 Å². The molecule has 4 rings (SSSR count). The van der Waals surface area contributed by atoms with Crippen LogP contribution in [0.2, 0.25) is 0 Å². The van der Waals surface area contributed by atoms with Gasteiger partial charge in [-0.1, -0.05) is 0 Å². The molecule has 3 aromatic heterocycles. The summed E-state index contributed by atoms with van der Waals surface area (Å²) >= 11 is 0. The second-order valence-corrected chi connectivity index (χ2v) is 5.02. The highest BCUT2D eigenvalue weighted by molar-refractivity contribution is 6.06. The van der Waals surface area contributed by atoms with Crippen LogP contribution in [0.5, 0.6) is 0 Å². The molecule has 0 fully saturated rings. The van der Waals surface area contributed by atoms with Gasteiger partial charge in [0.2, 0.25) is 0 Å². The number of hydrogen-bond acceptors (Lipinski definition) is 4. The molecule has 5 N–H and O–H groups in total. The first kappa shape index (κ1) is 14.9. The van der Waals surface area contributed by atoms with Crippen molar-refractivity contribution < 1.29 is 9.90 Å². The number of aromatic nitrogens is 4. The molecule has 8 heteroatoms. The maximum Gasteiger partial charge on any atom is 0.337 e. The Hall–Kier alpha value is -3.06. The standard InChI is InChI=1S/C15H11N5O2.ClH/c16-13-3-9-11(5-17-12(9)6-18-13)7-1-8-4-19-20-14(8)10(2-7)15(21)22;/h1-6,17H,(H2,16,18)(H,19,20)(H,21,22);1H. The molecule has 0 spiro atoms. The number of nitrogens with zero attached hydrogens (tertiary/aromatic N) is 2. The molecule has 0 unspecified atom stereocenters. The van der Waals surface area contributed by atoms with Crippen molar-refractivity contribution in [1.29, 1.82) is 0 Å². The molecule has 0 radical (unpaired) electrons. The van der Waals surface area contributed by atoms with Crippen LogP contribution in [-0.2, 0) is 0 Å². The highest BCUT2D eigenvalue weighted by Crippen LogP contribution is 2.32. The molecular weight excluding hydrogens is 318 g/mol. The van der Waals surface area contributed by atoms with E-state index in [1.165, 1.54) is 0 Å². The van der Waals surface area contributed by atoms with Crippen molar-refractivity contribution >= 4 is 46.0 Å². The Labute approximate surface area is 135 Å². The fourth-order valence-electron chi connectivity index (χ4n) is 2.66. The number of carbonyl (C=O) groups is 1. The van der Waals surface area contributed by atoms with Gasteiger partial charge in [-0.3, -0.25) is 5.10 Å². The van der Waals surface area contributed by atoms with Gasteiger partial charge in [-0.25, -0.2) is 9.78 Å². The lowest BCUT2D eigenvalue weighted by molar-refractivity contribution is 0.0699. The maximum absolute atomic E-state index is 11.5. The summed E-state index contributed by atoms with van der Waals surface area (Å²) in [5.74, 6) is -0.590. The molecule has 0 saturated heterocycles. The third-order valence-corrected chi connectivity index (χ3v) is 3.68. The molecule has 23 heavy (non-hydrogen) atoms. The van der Waals surface area contributed by atoms with Crippen LogP contribution in [0.4, 0.5) is 5.82 Å². The van der Waals surface area contributed by atoms with Crippen molar-refractivity contribution in [2.24, 2.45) is 0 Å². The largest absolute Gasteiger partial charge is 0.478 e. The van der Waals surface area contributed by atoms with Gasteiger partial charge in [-0.2, -0.15) is 5.10 Å². The third-order valence-electron chi connectivity index (χ3n) is 3.68. The van der Waals surface area contributed by atoms with Gasteiger partial charge >= 0.3 is 5.97 Å². The molecule has 0 bridgehead atoms. The summed E-state index contributed by atoms with van der Waals surface area (Å²) < 4.78 is 0. The van der Waals surface area contributed by atoms with E-state index in [0.29, 0.717) is 11.3 Å². The van der Waals surface area contributed by atoms with E-state index in [-0.39, 0.29) is 18.0 Å². The monoisotopic (exact) mass is 329 g/mol. The Morgan fingerprint density at radius 3 is 2.83 bits per heavy atom. The van der Waals surface area contributed by atoms with E-state index >= 15 is 0 Å². The lowest BCUT2D eigenvalue weighted by Crippen LogP contribution is -1.98. The number of nitrogens with one attached hydrogen (secondary N) is 2. The smallest absolute Gasteiger partial charge is 0.337 e. The number of carboxylic acids is 1. The van der Waals surface area contributed by atoms with Crippen LogP contribution in [0.1, 0.15) is 10.4 Å². The average molecular weight is 330 g/mol. The minimum Gasteiger partial charge on any atom is -0.478 e. The lowest BCUT2D eigenvalue weighted by atomic mass is 10.0. The first-order chi connectivity index (χ1) is 10.6. The number of carboxylic acid groups (broad SMARTS) is 1. The predicted molar refractivity (Wildman–Crippen MR) is 89.8 cm³/mol. The fourth-order valence-corrected chi connectivity index (χ4v) is 2.66. The topological polar surface area (TPSA) is 121 Å². The zero-order valence-corrected chi connectivity index (χ0v) is 12.5. The van der Waals surface area contributed by atoms with E-state index in [0.717, 1.165) is 27.4 Å². The van der Waals surface area contributed by atoms with Gasteiger partial charge in [0.05, 0.1) is 29.0 Å². The van der Waals surface area contributed by atoms with Crippen LogP contribution in [0.15, 0.2) is 36.8 Å². The first-order valence-electron chi connectivity index (χ1n) is 6.57. The number of benzene rings is 1. The van der Waals surface area contributed by atoms with Gasteiger partial charge in [0.1, 0.15) is 5.82 Å². The molecule has 0 amide bonds. The van der Waals surface area contributed by atoms with Crippen molar-refractivity contribution in [2.75, 3.05) is 5.73 Å². The second-order valence-electron chi connectivity index (χ2n) is 5.02. The Kier molecular flexibility index (Phi) is 3.42. The Morgan fingerprint density at radius 2 is 2.04 bits per heavy atom. The number of anilines is 1. The first-order valence-corrected chi connectivity index (χ1v) is 6.57. The summed E-state index contributed by atoms with van der Waals surface area (Å²) in [4.78, 5) is 18.6. The van der Waals surface area contributed by atoms with Crippen molar-refractivity contribution in [2.45, 2.75) is 0 Å². The highest BCUT2D eigenvalue weighted by Gasteiger charge is 2.15. The molecule has 0 aliphatic heterocycles. The summed E-state index contributed by atoms with van der Waals surface area (Å²) in [5, 5.41) is 17.7. The van der Waals surface area contributed by atoms with Crippen LogP contribution in [0.25, 0.3) is 32.9 Å². The molecule has 3 heterocycles. The summed E-state index contributed by atoms with van der Waals surface area (Å²) in [6, 6.07) is 5.29. The number of nitrogens with two attached hydrogens (primary N) is 1. The predicted octanol–water partition coefficient (Wildman–Crippen LogP) is 2.81. The van der Waals surface area contributed by atoms with Gasteiger partial charge < -0.3 is 15.8 Å². The van der Waals surface area contributed by atoms with Crippen molar-refractivity contribution in [3.05, 3.63) is 42.4 Å². The highest BCUT2D eigenvalue weighted by atomic mass is 35.5. The second kappa shape index (κ2) is 5.29. The van der Waals surface area contributed by atoms with E-state index < -0.39 is 5.97 Å². The van der Waals surface area contributed by atoms with Gasteiger partial charge in [0, 0.05) is 22.5 Å². The number of pyridine rings is 1. The number of nitrogen functional groups attached to an aromatic ring is 1. The van der Waals surface area contributed by atoms with E-state index in [9.17, 15) is 9.90 Å². The number of halogens is 1. The van der Waals surface area contributed by atoms with Crippen LogP contribution < -0.4 is 5.73 Å². The third kappa shape index (κ3) is 2.27. The number of hydrogen-bond donors (Lipinski definition) is 4. The molecule has 1 aromatic carbocycles. The molecule has 0 saturated carbocycles. The van der Waals surface area contributed by atoms with Gasteiger partial charge in [0.15, 0.2) is 0 Å². The molecule has 0 aliphatic rings. The Bertz CT molecular complexity index is 1040. The van der Waals surface area contributed by atoms with E-state index in [4.69, 9.17) is 5.73 Å². The maximum atomic E-state index is 11.5. The van der Waals surface area contributed by atoms with Crippen molar-refractivity contribution in [3.63, 3.8) is 0 Å². The van der Waals surface area contributed by atoms with Gasteiger partial charge in [-0.15, -0.1) is 12.4 Å². The number of fused-ring (bicyclic) bond motifs is 2. The lowest BCUT2D eigenvalue weighted by Gasteiger charge is -2.04. The molecule has 4 aromatic rings. The number of H-pyrrole nitrogens is 2. The number of aromatic amines is 2. The molecule has 0 atom stereocenters. The van der Waals surface area contributed by atoms with E-state index in [1.54, 1.807) is 24.5 Å². The number of aromatic carboxylic acids is 1. The minimum atomic E-state index is -1.00. The quantitative estimate of drug-likeness (QED) is 0.450. The summed E-state index contributed by atoms with van der Waals surface area (Å²) in [5.41, 5.74) is 8.93. The zero-order valence-electron chi connectivity index (χ0n) is 11.7. The van der Waals surface area contributed by atoms with E-state index in [1.807, 2.05) is 12.3 Å². The summed E-state index contributed by atoms with van der Waals surface area (Å²) in [7, 11) is 0. The van der Waals surface area contributed by atoms with Crippen LogP contribution >= 0.6 is 12.4 Å². The van der Waals surface area contributed by atoms with E-state index in [2.05, 4.69) is 20.2 Å². The fraction of sp³-hybridized carbons (Fsp3) is 0. The van der Waals surface area contributed by atoms with Gasteiger partial charge in [0.25, 0.3) is 0 Å².